The zero-order valence-electron chi connectivity index (χ0n) is 15.9. The lowest BCUT2D eigenvalue weighted by Crippen LogP contribution is -2.46. The minimum Gasteiger partial charge on any atom is -0.497 e. The van der Waals surface area contributed by atoms with Gasteiger partial charge in [0, 0.05) is 11.1 Å². The van der Waals surface area contributed by atoms with Crippen LogP contribution >= 0.6 is 0 Å². The number of amides is 1. The third kappa shape index (κ3) is 2.38. The summed E-state index contributed by atoms with van der Waals surface area (Å²) in [6.45, 7) is 8.33. The first-order valence-electron chi connectivity index (χ1n) is 8.87. The van der Waals surface area contributed by atoms with Gasteiger partial charge in [0.1, 0.15) is 5.75 Å². The van der Waals surface area contributed by atoms with Gasteiger partial charge in [0.25, 0.3) is 5.91 Å². The van der Waals surface area contributed by atoms with Crippen molar-refractivity contribution in [2.45, 2.75) is 33.2 Å². The molecule has 0 N–H and O–H groups in total. The minimum absolute atomic E-state index is 0.0452. The number of rotatable bonds is 2. The summed E-state index contributed by atoms with van der Waals surface area (Å²) in [5.41, 5.74) is 6.78. The summed E-state index contributed by atoms with van der Waals surface area (Å²) < 4.78 is 5.51. The van der Waals surface area contributed by atoms with Crippen molar-refractivity contribution >= 4 is 28.8 Å². The van der Waals surface area contributed by atoms with E-state index in [0.717, 1.165) is 33.7 Å². The number of methoxy groups -OCH3 is 1. The number of anilines is 1. The Morgan fingerprint density at radius 2 is 1.69 bits per heavy atom. The molecule has 0 unspecified atom stereocenters. The highest BCUT2D eigenvalue weighted by molar-refractivity contribution is 6.37. The molecule has 26 heavy (non-hydrogen) atoms. The van der Waals surface area contributed by atoms with Crippen LogP contribution in [0.1, 0.15) is 43.0 Å². The maximum absolute atomic E-state index is 13.4. The molecule has 0 atom stereocenters. The van der Waals surface area contributed by atoms with Crippen molar-refractivity contribution in [3.05, 3.63) is 64.7 Å². The monoisotopic (exact) mass is 345 g/mol. The molecular weight excluding hydrogens is 322 g/mol. The van der Waals surface area contributed by atoms with E-state index in [2.05, 4.69) is 45.9 Å². The molecule has 0 saturated heterocycles. The van der Waals surface area contributed by atoms with E-state index in [0.29, 0.717) is 0 Å². The molecule has 0 aromatic heterocycles. The second-order valence-corrected chi connectivity index (χ2v) is 7.66. The number of nitrogens with zero attached hydrogens (tertiary/aromatic N) is 1. The molecule has 3 nitrogen and oxygen atoms in total. The summed E-state index contributed by atoms with van der Waals surface area (Å²) in [5.74, 6) is 0.819. The molecular formula is C23H23NO2. The Kier molecular flexibility index (Phi) is 3.58. The fraction of sp³-hybridized carbons (Fsp3) is 0.261. The van der Waals surface area contributed by atoms with Gasteiger partial charge in [-0.3, -0.25) is 9.69 Å². The first-order valence-corrected chi connectivity index (χ1v) is 8.87. The van der Waals surface area contributed by atoms with Gasteiger partial charge in [0.15, 0.2) is 0 Å². The van der Waals surface area contributed by atoms with Crippen LogP contribution in [0, 0.1) is 6.92 Å². The summed E-state index contributed by atoms with van der Waals surface area (Å²) in [5, 5.41) is 0. The molecule has 2 aliphatic rings. The zero-order chi connectivity index (χ0) is 18.6. The normalized spacial score (nSPS) is 18.8. The second-order valence-electron chi connectivity index (χ2n) is 7.66. The molecule has 0 aliphatic carbocycles. The maximum atomic E-state index is 13.4. The Labute approximate surface area is 154 Å². The van der Waals surface area contributed by atoms with Gasteiger partial charge in [-0.25, -0.2) is 0 Å². The number of hydrogen-bond acceptors (Lipinski definition) is 2. The standard InChI is InChI=1S/C23H23NO2/c1-14-6-8-16(9-7-14)10-20-19-12-17(26-5)11-18-15(2)13-23(3,4)24(21(18)19)22(20)25/h6-13H,1-5H3/b20-10+. The Morgan fingerprint density at radius 3 is 2.35 bits per heavy atom. The fourth-order valence-electron chi connectivity index (χ4n) is 4.00. The molecule has 132 valence electrons. The largest absolute Gasteiger partial charge is 0.497 e. The van der Waals surface area contributed by atoms with E-state index in [-0.39, 0.29) is 11.4 Å². The molecule has 0 spiro atoms. The van der Waals surface area contributed by atoms with Crippen LogP contribution in [0.2, 0.25) is 0 Å². The number of benzene rings is 2. The van der Waals surface area contributed by atoms with Crippen LogP contribution < -0.4 is 9.64 Å². The third-order valence-electron chi connectivity index (χ3n) is 5.23. The average molecular weight is 345 g/mol. The number of ether oxygens (including phenoxy) is 1. The molecule has 2 aromatic carbocycles. The average Bonchev–Trinajstić information content (AvgIpc) is 2.87. The summed E-state index contributed by atoms with van der Waals surface area (Å²) in [4.78, 5) is 15.3. The highest BCUT2D eigenvalue weighted by atomic mass is 16.5. The van der Waals surface area contributed by atoms with Crippen LogP contribution in [0.25, 0.3) is 17.2 Å². The van der Waals surface area contributed by atoms with E-state index in [1.807, 2.05) is 35.2 Å². The molecule has 4 rings (SSSR count). The smallest absolute Gasteiger partial charge is 0.259 e. The van der Waals surface area contributed by atoms with Gasteiger partial charge in [-0.1, -0.05) is 35.9 Å². The van der Waals surface area contributed by atoms with Crippen molar-refractivity contribution in [2.24, 2.45) is 0 Å². The van der Waals surface area contributed by atoms with Gasteiger partial charge < -0.3 is 4.74 Å². The first kappa shape index (κ1) is 16.6. The quantitative estimate of drug-likeness (QED) is 0.710. The van der Waals surface area contributed by atoms with Crippen molar-refractivity contribution in [3.8, 4) is 5.75 Å². The van der Waals surface area contributed by atoms with E-state index >= 15 is 0 Å². The lowest BCUT2D eigenvalue weighted by Gasteiger charge is -2.38. The highest BCUT2D eigenvalue weighted by Gasteiger charge is 2.44. The van der Waals surface area contributed by atoms with E-state index in [1.165, 1.54) is 11.1 Å². The van der Waals surface area contributed by atoms with E-state index in [9.17, 15) is 4.79 Å². The predicted molar refractivity (Wildman–Crippen MR) is 107 cm³/mol. The van der Waals surface area contributed by atoms with Crippen LogP contribution in [0.3, 0.4) is 0 Å². The van der Waals surface area contributed by atoms with E-state index in [4.69, 9.17) is 4.74 Å². The number of carbonyl (C=O) groups is 1. The zero-order valence-corrected chi connectivity index (χ0v) is 15.9. The Hall–Kier alpha value is -2.81. The van der Waals surface area contributed by atoms with Crippen LogP contribution in [-0.4, -0.2) is 18.6 Å². The summed E-state index contributed by atoms with van der Waals surface area (Å²) in [6, 6.07) is 12.2. The van der Waals surface area contributed by atoms with Crippen LogP contribution in [-0.2, 0) is 4.79 Å². The summed E-state index contributed by atoms with van der Waals surface area (Å²) in [7, 11) is 1.66. The van der Waals surface area contributed by atoms with Gasteiger partial charge in [0.05, 0.1) is 23.9 Å². The molecule has 2 heterocycles. The second kappa shape index (κ2) is 5.60. The summed E-state index contributed by atoms with van der Waals surface area (Å²) >= 11 is 0. The molecule has 0 saturated carbocycles. The number of allylic oxidation sites excluding steroid dienone is 1. The molecule has 1 amide bonds. The topological polar surface area (TPSA) is 29.5 Å². The van der Waals surface area contributed by atoms with E-state index in [1.54, 1.807) is 7.11 Å². The van der Waals surface area contributed by atoms with Crippen molar-refractivity contribution in [1.82, 2.24) is 0 Å². The Morgan fingerprint density at radius 1 is 1.04 bits per heavy atom. The third-order valence-corrected chi connectivity index (χ3v) is 5.23. The van der Waals surface area contributed by atoms with E-state index < -0.39 is 0 Å². The molecule has 0 bridgehead atoms. The lowest BCUT2D eigenvalue weighted by atomic mass is 9.89. The number of aryl methyl sites for hydroxylation is 1. The van der Waals surface area contributed by atoms with Gasteiger partial charge in [-0.2, -0.15) is 0 Å². The van der Waals surface area contributed by atoms with Crippen LogP contribution in [0.5, 0.6) is 5.75 Å². The highest BCUT2D eigenvalue weighted by Crippen LogP contribution is 2.50. The molecule has 2 aromatic rings. The first-order chi connectivity index (χ1) is 12.3. The van der Waals surface area contributed by atoms with Crippen molar-refractivity contribution in [1.29, 1.82) is 0 Å². The number of carbonyl (C=O) groups excluding carboxylic acids is 1. The maximum Gasteiger partial charge on any atom is 0.259 e. The predicted octanol–water partition coefficient (Wildman–Crippen LogP) is 5.09. The fourth-order valence-corrected chi connectivity index (χ4v) is 4.00. The minimum atomic E-state index is -0.361. The van der Waals surface area contributed by atoms with Crippen molar-refractivity contribution in [2.75, 3.05) is 12.0 Å². The SMILES string of the molecule is COc1cc2c3c(c1)/C(=C\c1ccc(C)cc1)C(=O)N3C(C)(C)C=C2C. The Bertz CT molecular complexity index is 978. The van der Waals surface area contributed by atoms with Crippen LogP contribution in [0.4, 0.5) is 5.69 Å². The molecule has 2 aliphatic heterocycles. The number of hydrogen-bond donors (Lipinski definition) is 0. The lowest BCUT2D eigenvalue weighted by molar-refractivity contribution is -0.113. The van der Waals surface area contributed by atoms with Crippen molar-refractivity contribution in [3.63, 3.8) is 0 Å². The van der Waals surface area contributed by atoms with Crippen molar-refractivity contribution < 1.29 is 9.53 Å². The van der Waals surface area contributed by atoms with Crippen LogP contribution in [0.15, 0.2) is 42.5 Å². The van der Waals surface area contributed by atoms with Gasteiger partial charge in [-0.15, -0.1) is 0 Å². The van der Waals surface area contributed by atoms with Gasteiger partial charge in [0.2, 0.25) is 0 Å². The van der Waals surface area contributed by atoms with Gasteiger partial charge in [-0.05, 0) is 57.0 Å². The Balaban J connectivity index is 1.98. The van der Waals surface area contributed by atoms with Gasteiger partial charge >= 0.3 is 0 Å². The molecule has 0 radical (unpaired) electrons. The molecule has 3 heteroatoms. The summed E-state index contributed by atoms with van der Waals surface area (Å²) in [6.07, 6.45) is 4.14. The molecule has 0 fully saturated rings.